The average Bonchev–Trinajstić information content (AvgIpc) is 3.50. The molecule has 0 unspecified atom stereocenters. The number of aliphatic hydroxyl groups excluding tert-OH is 1. The van der Waals surface area contributed by atoms with E-state index in [9.17, 15) is 9.90 Å². The molecule has 0 bridgehead atoms. The Labute approximate surface area is 352 Å². The fourth-order valence-corrected chi connectivity index (χ4v) is 12.7. The number of pyridine rings is 1. The summed E-state index contributed by atoms with van der Waals surface area (Å²) in [6.45, 7) is 27.6. The molecule has 1 aliphatic rings. The second-order valence-corrected chi connectivity index (χ2v) is 29.8. The normalized spacial score (nSPS) is 15.4. The topological polar surface area (TPSA) is 50.2 Å². The zero-order valence-electron chi connectivity index (χ0n) is 35.7. The van der Waals surface area contributed by atoms with Crippen LogP contribution in [0.1, 0.15) is 104 Å². The molecule has 0 saturated heterocycles. The van der Waals surface area contributed by atoms with E-state index in [1.807, 2.05) is 39.0 Å². The second-order valence-electron chi connectivity index (χ2n) is 18.7. The minimum atomic E-state index is -1.61. The predicted octanol–water partition coefficient (Wildman–Crippen LogP) is 13.7. The number of allylic oxidation sites excluding steroid dienone is 2. The van der Waals surface area contributed by atoms with Crippen molar-refractivity contribution in [1.82, 2.24) is 4.98 Å². The molecule has 1 radical (unpaired) electrons. The largest absolute Gasteiger partial charge is 0.512 e. The third-order valence-electron chi connectivity index (χ3n) is 12.1. The van der Waals surface area contributed by atoms with Crippen LogP contribution in [0.15, 0.2) is 66.6 Å². The van der Waals surface area contributed by atoms with Gasteiger partial charge in [0, 0.05) is 59.3 Å². The van der Waals surface area contributed by atoms with Gasteiger partial charge >= 0.3 is 0 Å². The van der Waals surface area contributed by atoms with Crippen molar-refractivity contribution < 1.29 is 30.0 Å². The third-order valence-corrected chi connectivity index (χ3v) is 17.2. The zero-order valence-corrected chi connectivity index (χ0v) is 40.9. The van der Waals surface area contributed by atoms with E-state index in [-0.39, 0.29) is 43.5 Å². The van der Waals surface area contributed by atoms with Gasteiger partial charge < -0.3 is 5.11 Å². The monoisotopic (exact) mass is 969 g/mol. The Kier molecular flexibility index (Phi) is 15.2. The van der Waals surface area contributed by atoms with Gasteiger partial charge in [0.2, 0.25) is 0 Å². The number of rotatable bonds is 11. The molecule has 6 rings (SSSR count). The molecule has 0 amide bonds. The number of nitrogens with zero attached hydrogens (tertiary/aromatic N) is 1. The van der Waals surface area contributed by atoms with Gasteiger partial charge in [-0.15, -0.1) is 40.1 Å². The molecular weight excluding hydrogens is 903 g/mol. The van der Waals surface area contributed by atoms with Crippen LogP contribution >= 0.6 is 11.3 Å². The van der Waals surface area contributed by atoms with Crippen LogP contribution in [0.25, 0.3) is 42.2 Å². The Hall–Kier alpha value is -2.42. The summed E-state index contributed by atoms with van der Waals surface area (Å²) in [6, 6.07) is 22.4. The first kappa shape index (κ1) is 45.3. The van der Waals surface area contributed by atoms with Crippen molar-refractivity contribution >= 4 is 74.6 Å². The van der Waals surface area contributed by atoms with Crippen molar-refractivity contribution in [1.29, 1.82) is 0 Å². The molecule has 5 aromatic rings. The maximum absolute atomic E-state index is 11.7. The van der Waals surface area contributed by atoms with Gasteiger partial charge in [0.25, 0.3) is 0 Å². The van der Waals surface area contributed by atoms with Gasteiger partial charge in [0.05, 0.1) is 21.9 Å². The average molecular weight is 970 g/mol. The van der Waals surface area contributed by atoms with Crippen LogP contribution in [-0.4, -0.2) is 32.0 Å². The number of thiophene rings is 1. The molecule has 1 fully saturated rings. The quantitative estimate of drug-likeness (QED) is 0.0621. The van der Waals surface area contributed by atoms with Gasteiger partial charge in [-0.3, -0.25) is 9.78 Å². The summed E-state index contributed by atoms with van der Waals surface area (Å²) in [6.07, 6.45) is 12.4. The fourth-order valence-electron chi connectivity index (χ4n) is 8.30. The van der Waals surface area contributed by atoms with E-state index in [0.717, 1.165) is 36.9 Å². The summed E-state index contributed by atoms with van der Waals surface area (Å²) in [5.74, 6) is 1.24. The Morgan fingerprint density at radius 1 is 0.873 bits per heavy atom. The molecule has 1 aliphatic carbocycles. The van der Waals surface area contributed by atoms with Crippen LogP contribution in [-0.2, 0) is 24.9 Å². The van der Waals surface area contributed by atoms with Crippen molar-refractivity contribution in [2.24, 2.45) is 17.3 Å². The smallest absolute Gasteiger partial charge is 0.162 e. The van der Waals surface area contributed by atoms with Gasteiger partial charge in [-0.25, -0.2) is 0 Å². The number of benzene rings is 3. The molecule has 7 heteroatoms. The number of fused-ring (bicyclic) bond motifs is 4. The molecule has 299 valence electrons. The van der Waals surface area contributed by atoms with Crippen LogP contribution in [0.4, 0.5) is 0 Å². The van der Waals surface area contributed by atoms with Crippen LogP contribution in [0.2, 0.25) is 39.3 Å². The molecule has 3 nitrogen and oxygen atoms in total. The summed E-state index contributed by atoms with van der Waals surface area (Å²) in [4.78, 5) is 16.9. The number of aliphatic hydroxyl groups is 1. The summed E-state index contributed by atoms with van der Waals surface area (Å²) >= 11 is 1.96. The van der Waals surface area contributed by atoms with E-state index in [4.69, 9.17) is 4.98 Å². The van der Waals surface area contributed by atoms with Gasteiger partial charge in [-0.1, -0.05) is 122 Å². The van der Waals surface area contributed by atoms with Crippen LogP contribution in [0.5, 0.6) is 0 Å². The number of hydrogen-bond acceptors (Lipinski definition) is 4. The van der Waals surface area contributed by atoms with E-state index < -0.39 is 16.1 Å². The third kappa shape index (κ3) is 10.4. The van der Waals surface area contributed by atoms with Crippen molar-refractivity contribution in [3.63, 3.8) is 0 Å². The van der Waals surface area contributed by atoms with Crippen molar-refractivity contribution in [3.8, 4) is 11.3 Å². The van der Waals surface area contributed by atoms with E-state index in [1.54, 1.807) is 0 Å². The number of carbonyl (C=O) groups is 1. The maximum Gasteiger partial charge on any atom is 0.162 e. The molecule has 1 saturated carbocycles. The van der Waals surface area contributed by atoms with Crippen molar-refractivity contribution in [3.05, 3.63) is 78.2 Å². The summed E-state index contributed by atoms with van der Waals surface area (Å²) in [7, 11) is -3.18. The Balaban J connectivity index is 0.000000360. The van der Waals surface area contributed by atoms with Crippen molar-refractivity contribution in [2.75, 3.05) is 0 Å². The molecular formula is C48H66IrNO2SSi2-. The second kappa shape index (κ2) is 18.4. The molecule has 55 heavy (non-hydrogen) atoms. The molecule has 2 heterocycles. The molecule has 0 atom stereocenters. The van der Waals surface area contributed by atoms with Gasteiger partial charge in [-0.05, 0) is 90.3 Å². The number of hydrogen-bond donors (Lipinski definition) is 1. The number of carbonyl (C=O) groups excluding carboxylic acids is 1. The SMILES string of the molecule is CC1(C)CCC(c2ccc3c(c2)sc2c(-c4[c-]c5ccccc5c([Si](C)(C)C)c4)ncc([Si](C)(C)C)c23)CC1.CCC(CC)C(=O)/C=C(\O)C(CC)CC.[Ir]. The predicted molar refractivity (Wildman–Crippen MR) is 244 cm³/mol. The molecule has 0 aliphatic heterocycles. The van der Waals surface area contributed by atoms with Crippen LogP contribution in [0, 0.1) is 23.3 Å². The Bertz CT molecular complexity index is 2120. The minimum absolute atomic E-state index is 0. The van der Waals surface area contributed by atoms with E-state index in [0.29, 0.717) is 11.3 Å². The van der Waals surface area contributed by atoms with Gasteiger partial charge in [0.1, 0.15) is 0 Å². The van der Waals surface area contributed by atoms with E-state index in [1.165, 1.54) is 78.6 Å². The summed E-state index contributed by atoms with van der Waals surface area (Å²) < 4.78 is 2.77. The first-order chi connectivity index (χ1) is 25.4. The minimum Gasteiger partial charge on any atom is -0.512 e. The fraction of sp³-hybridized carbons (Fsp3) is 0.500. The maximum atomic E-state index is 11.7. The van der Waals surface area contributed by atoms with Gasteiger partial charge in [-0.2, -0.15) is 0 Å². The first-order valence-corrected chi connectivity index (χ1v) is 28.5. The molecule has 1 N–H and O–H groups in total. The first-order valence-electron chi connectivity index (χ1n) is 20.7. The Morgan fingerprint density at radius 2 is 1.47 bits per heavy atom. The molecule has 2 aromatic heterocycles. The summed E-state index contributed by atoms with van der Waals surface area (Å²) in [5.41, 5.74) is 4.29. The molecule has 0 spiro atoms. The Morgan fingerprint density at radius 3 is 2.05 bits per heavy atom. The van der Waals surface area contributed by atoms with E-state index in [2.05, 4.69) is 114 Å². The van der Waals surface area contributed by atoms with Crippen LogP contribution in [0.3, 0.4) is 0 Å². The van der Waals surface area contributed by atoms with Gasteiger partial charge in [0.15, 0.2) is 5.78 Å². The van der Waals surface area contributed by atoms with E-state index >= 15 is 0 Å². The standard InChI is InChI=1S/C35H42NSSi2.C13H24O2.Ir/c1-35(2)17-15-23(16-18-35)24-13-14-28-29(20-24)37-34-32(28)31(39(6,7)8)22-36-33(34)26-19-25-11-9-10-12-27(25)30(21-26)38(3,4)5;1-5-10(6-2)12(14)9-13(15)11(7-3)8-4;/h9-14,20-23H,15-18H2,1-8H3;9-11,14H,5-8H2,1-4H3;/q-1;;/b;12-9-;. The number of ketones is 1. The molecule has 3 aromatic carbocycles. The van der Waals surface area contributed by atoms with Crippen molar-refractivity contribution in [2.45, 2.75) is 138 Å². The zero-order chi connectivity index (χ0) is 39.6. The van der Waals surface area contributed by atoms with Crippen LogP contribution < -0.4 is 10.4 Å². The summed E-state index contributed by atoms with van der Waals surface area (Å²) in [5, 5.41) is 18.2. The number of aromatic nitrogens is 1.